The lowest BCUT2D eigenvalue weighted by atomic mass is 10.1. The lowest BCUT2D eigenvalue weighted by Gasteiger charge is -2.51. The second-order valence-electron chi connectivity index (χ2n) is 11.2. The number of aliphatic hydroxyl groups excluding tert-OH is 1. The first-order valence-electron chi connectivity index (χ1n) is 12.6. The molecule has 3 heterocycles. The molecule has 1 saturated carbocycles. The molecular formula is C24H40ClN3O4Si2. The Labute approximate surface area is 210 Å². The smallest absolute Gasteiger partial charge is 0.335 e. The predicted molar refractivity (Wildman–Crippen MR) is 139 cm³/mol. The zero-order valence-corrected chi connectivity index (χ0v) is 24.4. The molecule has 1 aliphatic carbocycles. The summed E-state index contributed by atoms with van der Waals surface area (Å²) in [6.45, 7) is 18.3. The fourth-order valence-electron chi connectivity index (χ4n) is 6.06. The Balaban J connectivity index is 1.77. The number of aromatic nitrogens is 3. The van der Waals surface area contributed by atoms with Crippen LogP contribution in [0.15, 0.2) is 18.6 Å². The van der Waals surface area contributed by atoms with Crippen LogP contribution in [-0.4, -0.2) is 55.6 Å². The van der Waals surface area contributed by atoms with Gasteiger partial charge in [-0.1, -0.05) is 67.0 Å². The van der Waals surface area contributed by atoms with Crippen LogP contribution in [0.2, 0.25) is 27.3 Å². The third kappa shape index (κ3) is 4.11. The number of aliphatic hydroxyl groups is 1. The average molecular weight is 526 g/mol. The van der Waals surface area contributed by atoms with Crippen LogP contribution >= 0.6 is 11.6 Å². The molecule has 2 fully saturated rings. The van der Waals surface area contributed by atoms with Crippen molar-refractivity contribution in [1.82, 2.24) is 14.5 Å². The first kappa shape index (κ1) is 26.3. The molecule has 1 saturated heterocycles. The minimum atomic E-state index is -2.76. The Morgan fingerprint density at radius 2 is 1.62 bits per heavy atom. The number of hydrogen-bond acceptors (Lipinski definition) is 6. The first-order valence-corrected chi connectivity index (χ1v) is 16.9. The normalized spacial score (nSPS) is 29.2. The molecule has 0 radical (unpaired) electrons. The van der Waals surface area contributed by atoms with Crippen LogP contribution in [0.3, 0.4) is 0 Å². The van der Waals surface area contributed by atoms with E-state index in [4.69, 9.17) is 24.6 Å². The molecule has 0 bridgehead atoms. The lowest BCUT2D eigenvalue weighted by molar-refractivity contribution is -0.0241. The van der Waals surface area contributed by atoms with Crippen molar-refractivity contribution in [3.8, 4) is 0 Å². The molecule has 0 amide bonds. The van der Waals surface area contributed by atoms with Crippen molar-refractivity contribution >= 4 is 39.8 Å². The van der Waals surface area contributed by atoms with Gasteiger partial charge in [0.25, 0.3) is 0 Å². The zero-order chi connectivity index (χ0) is 25.0. The van der Waals surface area contributed by atoms with Gasteiger partial charge in [-0.25, -0.2) is 9.97 Å². The van der Waals surface area contributed by atoms with Crippen LogP contribution in [0.1, 0.15) is 67.9 Å². The van der Waals surface area contributed by atoms with Crippen LogP contribution in [0.25, 0.3) is 11.0 Å². The van der Waals surface area contributed by atoms with E-state index >= 15 is 0 Å². The van der Waals surface area contributed by atoms with Gasteiger partial charge < -0.3 is 22.6 Å². The number of rotatable bonds is 5. The van der Waals surface area contributed by atoms with Crippen LogP contribution in [0.4, 0.5) is 0 Å². The van der Waals surface area contributed by atoms with Gasteiger partial charge in [-0.05, 0) is 34.7 Å². The van der Waals surface area contributed by atoms with Crippen LogP contribution in [0.5, 0.6) is 0 Å². The topological polar surface area (TPSA) is 78.6 Å². The third-order valence-corrected chi connectivity index (χ3v) is 18.5. The number of hydrogen-bond donors (Lipinski definition) is 1. The Hall–Kier alpha value is -0.816. The maximum absolute atomic E-state index is 11.6. The van der Waals surface area contributed by atoms with Crippen molar-refractivity contribution in [2.75, 3.05) is 6.61 Å². The molecule has 2 aromatic heterocycles. The monoisotopic (exact) mass is 525 g/mol. The molecule has 0 spiro atoms. The third-order valence-electron chi connectivity index (χ3n) is 7.94. The summed E-state index contributed by atoms with van der Waals surface area (Å²) in [5.41, 5.74) is 1.78. The van der Waals surface area contributed by atoms with Gasteiger partial charge >= 0.3 is 17.1 Å². The van der Waals surface area contributed by atoms with Gasteiger partial charge in [0, 0.05) is 18.7 Å². The maximum atomic E-state index is 11.6. The number of halogens is 1. The molecule has 1 aliphatic heterocycles. The quantitative estimate of drug-likeness (QED) is 0.383. The van der Waals surface area contributed by atoms with E-state index in [1.807, 2.05) is 16.8 Å². The summed E-state index contributed by atoms with van der Waals surface area (Å²) < 4.78 is 23.3. The van der Waals surface area contributed by atoms with Crippen LogP contribution in [-0.2, 0) is 13.0 Å². The summed E-state index contributed by atoms with van der Waals surface area (Å²) in [6, 6.07) is 1.74. The molecule has 2 aliphatic rings. The second kappa shape index (κ2) is 9.57. The summed E-state index contributed by atoms with van der Waals surface area (Å²) in [4.78, 5) is 8.56. The Kier molecular flexibility index (Phi) is 7.39. The fourth-order valence-corrected chi connectivity index (χ4v) is 17.6. The largest absolute Gasteiger partial charge is 0.414 e. The van der Waals surface area contributed by atoms with E-state index in [1.54, 1.807) is 0 Å². The Morgan fingerprint density at radius 3 is 2.21 bits per heavy atom. The highest BCUT2D eigenvalue weighted by molar-refractivity contribution is 6.83. The van der Waals surface area contributed by atoms with Crippen LogP contribution in [0, 0.1) is 5.92 Å². The van der Waals surface area contributed by atoms with Gasteiger partial charge in [0.1, 0.15) is 23.2 Å². The van der Waals surface area contributed by atoms with E-state index in [9.17, 15) is 5.11 Å². The highest BCUT2D eigenvalue weighted by atomic mass is 35.5. The average Bonchev–Trinajstić information content (AvgIpc) is 3.29. The molecule has 0 aromatic carbocycles. The second-order valence-corrected chi connectivity index (χ2v) is 20.4. The van der Waals surface area contributed by atoms with Crippen molar-refractivity contribution in [3.05, 3.63) is 23.7 Å². The number of nitrogens with zero attached hydrogens (tertiary/aromatic N) is 3. The van der Waals surface area contributed by atoms with E-state index < -0.39 is 23.2 Å². The molecule has 0 unspecified atom stereocenters. The summed E-state index contributed by atoms with van der Waals surface area (Å²) in [5.74, 6) is 0.0763. The molecule has 4 rings (SSSR count). The predicted octanol–water partition coefficient (Wildman–Crippen LogP) is 5.96. The van der Waals surface area contributed by atoms with Crippen molar-refractivity contribution in [1.29, 1.82) is 0 Å². The zero-order valence-electron chi connectivity index (χ0n) is 21.7. The van der Waals surface area contributed by atoms with E-state index in [0.717, 1.165) is 17.5 Å². The van der Waals surface area contributed by atoms with Crippen molar-refractivity contribution in [2.24, 2.45) is 5.92 Å². The standard InChI is InChI=1S/C24H40ClN3O4Si2/c1-14(2)33(15(3)4)30-12-18-11-20(28-10-9-19-23(25)26-13-27-24(19)28)21(29)22(18)31-34(32-33,16(5)6)17(7)8/h9-10,13-18,20-22,29H,11-12H2,1-8H3/t18-,20-,21+,22-/m1/s1. The van der Waals surface area contributed by atoms with Gasteiger partial charge in [0.15, 0.2) is 0 Å². The van der Waals surface area contributed by atoms with Gasteiger partial charge in [-0.3, -0.25) is 0 Å². The van der Waals surface area contributed by atoms with E-state index in [0.29, 0.717) is 22.8 Å². The van der Waals surface area contributed by atoms with Gasteiger partial charge in [-0.2, -0.15) is 0 Å². The van der Waals surface area contributed by atoms with E-state index in [-0.39, 0.29) is 29.1 Å². The molecule has 4 atom stereocenters. The lowest BCUT2D eigenvalue weighted by Crippen LogP contribution is -2.65. The van der Waals surface area contributed by atoms with E-state index in [1.165, 1.54) is 6.33 Å². The molecule has 2 aromatic rings. The van der Waals surface area contributed by atoms with Crippen LogP contribution < -0.4 is 0 Å². The maximum Gasteiger partial charge on any atom is 0.335 e. The summed E-state index contributed by atoms with van der Waals surface area (Å²) in [7, 11) is -5.36. The molecule has 34 heavy (non-hydrogen) atoms. The van der Waals surface area contributed by atoms with Crippen molar-refractivity contribution in [3.63, 3.8) is 0 Å². The fraction of sp³-hybridized carbons (Fsp3) is 0.750. The first-order chi connectivity index (χ1) is 15.9. The Morgan fingerprint density at radius 1 is 1.00 bits per heavy atom. The van der Waals surface area contributed by atoms with Gasteiger partial charge in [0.2, 0.25) is 0 Å². The number of fused-ring (bicyclic) bond motifs is 2. The SMILES string of the molecule is CC(C)[Si]1(C(C)C)OC[C@H]2C[C@@H](n3ccc4c(Cl)ncnc43)[C@H](O)[C@@H]2O[Si](C(C)C)(C(C)C)O1. The highest BCUT2D eigenvalue weighted by Crippen LogP contribution is 2.50. The van der Waals surface area contributed by atoms with Gasteiger partial charge in [0.05, 0.1) is 17.5 Å². The highest BCUT2D eigenvalue weighted by Gasteiger charge is 2.61. The summed E-state index contributed by atoms with van der Waals surface area (Å²) in [5, 5.41) is 12.9. The van der Waals surface area contributed by atoms with Crippen molar-refractivity contribution in [2.45, 2.75) is 102 Å². The summed E-state index contributed by atoms with van der Waals surface area (Å²) in [6.07, 6.45) is 3.13. The van der Waals surface area contributed by atoms with Crippen molar-refractivity contribution < 1.29 is 18.1 Å². The molecule has 1 N–H and O–H groups in total. The molecule has 7 nitrogen and oxygen atoms in total. The molecule has 10 heteroatoms. The summed E-state index contributed by atoms with van der Waals surface area (Å²) >= 11 is 6.30. The van der Waals surface area contributed by atoms with Gasteiger partial charge in [-0.15, -0.1) is 0 Å². The van der Waals surface area contributed by atoms with E-state index in [2.05, 4.69) is 65.4 Å². The molecular weight excluding hydrogens is 486 g/mol. The minimum absolute atomic E-state index is 0.0763. The minimum Gasteiger partial charge on any atom is -0.414 e. The Bertz CT molecular complexity index is 999. The molecule has 190 valence electrons.